The maximum atomic E-state index is 5.84. The van der Waals surface area contributed by atoms with Gasteiger partial charge in [-0.2, -0.15) is 0 Å². The summed E-state index contributed by atoms with van der Waals surface area (Å²) in [6, 6.07) is 6.13. The fourth-order valence-electron chi connectivity index (χ4n) is 2.37. The number of benzene rings is 1. The van der Waals surface area contributed by atoms with E-state index in [1.165, 1.54) is 11.1 Å². The summed E-state index contributed by atoms with van der Waals surface area (Å²) in [7, 11) is 0. The molecule has 0 aliphatic carbocycles. The molecule has 3 heteroatoms. The molecule has 0 saturated carbocycles. The lowest BCUT2D eigenvalue weighted by Gasteiger charge is -2.50. The molecule has 92 valence electrons. The van der Waals surface area contributed by atoms with Gasteiger partial charge in [-0.15, -0.1) is 0 Å². The topological polar surface area (TPSA) is 27.7 Å². The minimum Gasteiger partial charge on any atom is -0.323 e. The van der Waals surface area contributed by atoms with Crippen molar-refractivity contribution in [2.45, 2.75) is 26.7 Å². The summed E-state index contributed by atoms with van der Waals surface area (Å²) >= 11 is 0. The van der Waals surface area contributed by atoms with E-state index < -0.39 is 5.97 Å². The molecule has 0 amide bonds. The highest BCUT2D eigenvalue weighted by atomic mass is 16.9. The van der Waals surface area contributed by atoms with Crippen molar-refractivity contribution in [1.29, 1.82) is 0 Å². The van der Waals surface area contributed by atoms with E-state index in [4.69, 9.17) is 14.2 Å². The maximum absolute atomic E-state index is 5.84. The third kappa shape index (κ3) is 1.61. The first kappa shape index (κ1) is 11.2. The van der Waals surface area contributed by atoms with E-state index >= 15 is 0 Å². The van der Waals surface area contributed by atoms with Crippen LogP contribution in [-0.2, 0) is 20.2 Å². The zero-order valence-electron chi connectivity index (χ0n) is 10.6. The Balaban J connectivity index is 2.02. The number of rotatable bonds is 1. The van der Waals surface area contributed by atoms with Crippen molar-refractivity contribution < 1.29 is 14.2 Å². The molecule has 3 nitrogen and oxygen atoms in total. The lowest BCUT2D eigenvalue weighted by atomic mass is 9.90. The molecule has 1 aromatic carbocycles. The van der Waals surface area contributed by atoms with E-state index in [1.54, 1.807) is 0 Å². The highest BCUT2D eigenvalue weighted by molar-refractivity contribution is 5.35. The third-order valence-electron chi connectivity index (χ3n) is 3.77. The van der Waals surface area contributed by atoms with E-state index in [0.29, 0.717) is 19.8 Å². The van der Waals surface area contributed by atoms with Gasteiger partial charge in [0.2, 0.25) is 0 Å². The zero-order chi connectivity index (χ0) is 12.1. The van der Waals surface area contributed by atoms with Gasteiger partial charge in [0, 0.05) is 11.0 Å². The number of fused-ring (bicyclic) bond motifs is 3. The molecule has 0 atom stereocenters. The van der Waals surface area contributed by atoms with Gasteiger partial charge in [-0.1, -0.05) is 25.1 Å². The summed E-state index contributed by atoms with van der Waals surface area (Å²) < 4.78 is 17.5. The molecule has 3 aliphatic heterocycles. The fraction of sp³-hybridized carbons (Fsp3) is 0.571. The van der Waals surface area contributed by atoms with Gasteiger partial charge in [-0.3, -0.25) is 0 Å². The molecule has 0 aromatic heterocycles. The fourth-order valence-corrected chi connectivity index (χ4v) is 2.37. The minimum atomic E-state index is -0.964. The van der Waals surface area contributed by atoms with Crippen LogP contribution < -0.4 is 0 Å². The van der Waals surface area contributed by atoms with Crippen molar-refractivity contribution in [1.82, 2.24) is 0 Å². The summed E-state index contributed by atoms with van der Waals surface area (Å²) in [4.78, 5) is 0. The molecule has 1 aromatic rings. The number of hydrogen-bond acceptors (Lipinski definition) is 3. The lowest BCUT2D eigenvalue weighted by molar-refractivity contribution is -0.477. The van der Waals surface area contributed by atoms with Crippen LogP contribution in [0.1, 0.15) is 23.6 Å². The number of ether oxygens (including phenoxy) is 3. The molecule has 3 aliphatic rings. The molecule has 3 saturated heterocycles. The third-order valence-corrected chi connectivity index (χ3v) is 3.77. The molecule has 2 bridgehead atoms. The van der Waals surface area contributed by atoms with Gasteiger partial charge in [0.25, 0.3) is 0 Å². The molecular weight excluding hydrogens is 216 g/mol. The second kappa shape index (κ2) is 3.55. The first-order chi connectivity index (χ1) is 8.05. The molecule has 17 heavy (non-hydrogen) atoms. The summed E-state index contributed by atoms with van der Waals surface area (Å²) in [6.45, 7) is 8.38. The Labute approximate surface area is 102 Å². The molecule has 0 N–H and O–H groups in total. The second-order valence-corrected chi connectivity index (χ2v) is 5.48. The van der Waals surface area contributed by atoms with E-state index in [0.717, 1.165) is 5.56 Å². The van der Waals surface area contributed by atoms with Gasteiger partial charge in [0.15, 0.2) is 0 Å². The van der Waals surface area contributed by atoms with Crippen LogP contribution in [0.25, 0.3) is 0 Å². The van der Waals surface area contributed by atoms with Gasteiger partial charge in [-0.25, -0.2) is 0 Å². The molecule has 3 heterocycles. The lowest BCUT2D eigenvalue weighted by Crippen LogP contribution is -2.57. The molecular formula is C14H18O3. The normalized spacial score (nSPS) is 36.2. The highest BCUT2D eigenvalue weighted by Crippen LogP contribution is 2.44. The predicted octanol–water partition coefficient (Wildman–Crippen LogP) is 2.50. The quantitative estimate of drug-likeness (QED) is 0.747. The van der Waals surface area contributed by atoms with Crippen LogP contribution in [0.3, 0.4) is 0 Å². The Hall–Kier alpha value is -0.900. The Morgan fingerprint density at radius 2 is 1.59 bits per heavy atom. The first-order valence-electron chi connectivity index (χ1n) is 6.03. The number of aryl methyl sites for hydroxylation is 1. The van der Waals surface area contributed by atoms with Gasteiger partial charge >= 0.3 is 5.97 Å². The molecule has 3 fully saturated rings. The van der Waals surface area contributed by atoms with Crippen LogP contribution in [0, 0.1) is 19.3 Å². The van der Waals surface area contributed by atoms with Crippen molar-refractivity contribution in [2.75, 3.05) is 19.8 Å². The van der Waals surface area contributed by atoms with Crippen LogP contribution in [0.15, 0.2) is 18.2 Å². The average molecular weight is 234 g/mol. The van der Waals surface area contributed by atoms with Crippen molar-refractivity contribution >= 4 is 0 Å². The van der Waals surface area contributed by atoms with Crippen LogP contribution >= 0.6 is 0 Å². The highest BCUT2D eigenvalue weighted by Gasteiger charge is 2.52. The van der Waals surface area contributed by atoms with E-state index in [-0.39, 0.29) is 5.41 Å². The summed E-state index contributed by atoms with van der Waals surface area (Å²) in [5.74, 6) is -0.964. The van der Waals surface area contributed by atoms with Gasteiger partial charge in [0.1, 0.15) is 0 Å². The Morgan fingerprint density at radius 3 is 2.18 bits per heavy atom. The van der Waals surface area contributed by atoms with E-state index in [1.807, 2.05) is 12.1 Å². The maximum Gasteiger partial charge on any atom is 0.312 e. The summed E-state index contributed by atoms with van der Waals surface area (Å²) in [5, 5.41) is 0. The van der Waals surface area contributed by atoms with Crippen molar-refractivity contribution in [2.24, 2.45) is 5.41 Å². The zero-order valence-corrected chi connectivity index (χ0v) is 10.6. The average Bonchev–Trinajstić information content (AvgIpc) is 2.34. The molecule has 0 spiro atoms. The van der Waals surface area contributed by atoms with Gasteiger partial charge in [0.05, 0.1) is 19.8 Å². The molecule has 0 unspecified atom stereocenters. The smallest absolute Gasteiger partial charge is 0.312 e. The summed E-state index contributed by atoms with van der Waals surface area (Å²) in [6.07, 6.45) is 0. The van der Waals surface area contributed by atoms with Crippen molar-refractivity contribution in [3.05, 3.63) is 34.9 Å². The van der Waals surface area contributed by atoms with Crippen LogP contribution in [0.4, 0.5) is 0 Å². The number of hydrogen-bond donors (Lipinski definition) is 0. The second-order valence-electron chi connectivity index (χ2n) is 5.48. The van der Waals surface area contributed by atoms with Crippen LogP contribution in [0.2, 0.25) is 0 Å². The first-order valence-corrected chi connectivity index (χ1v) is 6.03. The van der Waals surface area contributed by atoms with Crippen molar-refractivity contribution in [3.63, 3.8) is 0 Å². The monoisotopic (exact) mass is 234 g/mol. The van der Waals surface area contributed by atoms with E-state index in [9.17, 15) is 0 Å². The van der Waals surface area contributed by atoms with Crippen molar-refractivity contribution in [3.8, 4) is 0 Å². The Kier molecular flexibility index (Phi) is 2.34. The van der Waals surface area contributed by atoms with Gasteiger partial charge < -0.3 is 14.2 Å². The van der Waals surface area contributed by atoms with Gasteiger partial charge in [-0.05, 0) is 25.0 Å². The Morgan fingerprint density at radius 1 is 1.00 bits per heavy atom. The molecule has 4 rings (SSSR count). The van der Waals surface area contributed by atoms with Crippen LogP contribution in [0.5, 0.6) is 0 Å². The Bertz CT molecular complexity index is 428. The largest absolute Gasteiger partial charge is 0.323 e. The summed E-state index contributed by atoms with van der Waals surface area (Å²) in [5.41, 5.74) is 3.42. The standard InChI is InChI=1S/C14H18O3/c1-10-5-4-6-12(11(10)2)14-15-7-13(3,8-16-14)9-17-14/h4-6H,7-9H2,1-3H3. The SMILES string of the molecule is Cc1cccc(C23OCC(C)(CO2)CO3)c1C. The van der Waals surface area contributed by atoms with Crippen LogP contribution in [-0.4, -0.2) is 19.8 Å². The molecule has 0 radical (unpaired) electrons. The minimum absolute atomic E-state index is 0.0134. The predicted molar refractivity (Wildman–Crippen MR) is 63.6 cm³/mol. The van der Waals surface area contributed by atoms with E-state index in [2.05, 4.69) is 26.8 Å².